The van der Waals surface area contributed by atoms with E-state index < -0.39 is 0 Å². The van der Waals surface area contributed by atoms with Crippen LogP contribution >= 0.6 is 11.8 Å². The van der Waals surface area contributed by atoms with Crippen molar-refractivity contribution >= 4 is 17.7 Å². The standard InChI is InChI=1S/C6H11N3S/c1-8-6(7)9-4-3-5-10-2/h4H2,1-2H3,(H3,7,8,9). The van der Waals surface area contributed by atoms with Crippen LogP contribution in [-0.4, -0.2) is 25.8 Å². The number of rotatable bonds is 1. The SMILES string of the molecule is C/N=C(\N)NCC#CSC. The van der Waals surface area contributed by atoms with Gasteiger partial charge in [-0.25, -0.2) is 0 Å². The molecule has 0 aromatic heterocycles. The molecule has 0 radical (unpaired) electrons. The van der Waals surface area contributed by atoms with E-state index in [0.29, 0.717) is 12.5 Å². The van der Waals surface area contributed by atoms with E-state index in [0.717, 1.165) is 0 Å². The molecular weight excluding hydrogens is 146 g/mol. The molecule has 56 valence electrons. The Morgan fingerprint density at radius 3 is 3.00 bits per heavy atom. The van der Waals surface area contributed by atoms with Crippen molar-refractivity contribution < 1.29 is 0 Å². The number of aliphatic imine (C=N–C) groups is 1. The van der Waals surface area contributed by atoms with Crippen LogP contribution in [0.4, 0.5) is 0 Å². The molecule has 0 aromatic rings. The first-order chi connectivity index (χ1) is 4.81. The van der Waals surface area contributed by atoms with Crippen molar-refractivity contribution in [1.82, 2.24) is 5.32 Å². The van der Waals surface area contributed by atoms with Crippen LogP contribution in [0.15, 0.2) is 4.99 Å². The molecule has 0 aromatic carbocycles. The predicted molar refractivity (Wildman–Crippen MR) is 46.8 cm³/mol. The van der Waals surface area contributed by atoms with Gasteiger partial charge in [-0.05, 0) is 11.5 Å². The molecule has 0 saturated heterocycles. The molecule has 0 aliphatic rings. The number of guanidine groups is 1. The highest BCUT2D eigenvalue weighted by Gasteiger charge is 1.81. The van der Waals surface area contributed by atoms with Crippen LogP contribution in [0.3, 0.4) is 0 Å². The fourth-order valence-corrected chi connectivity index (χ4v) is 0.539. The highest BCUT2D eigenvalue weighted by atomic mass is 32.2. The lowest BCUT2D eigenvalue weighted by Crippen LogP contribution is -2.31. The molecule has 4 heteroatoms. The molecule has 0 bridgehead atoms. The van der Waals surface area contributed by atoms with E-state index in [1.807, 2.05) is 6.26 Å². The Hall–Kier alpha value is -0.820. The number of thioether (sulfide) groups is 1. The minimum Gasteiger partial charge on any atom is -0.370 e. The third-order valence-corrected chi connectivity index (χ3v) is 1.12. The molecule has 0 aliphatic heterocycles. The van der Waals surface area contributed by atoms with Gasteiger partial charge in [-0.15, -0.1) is 0 Å². The highest BCUT2D eigenvalue weighted by molar-refractivity contribution is 8.03. The molecule has 0 atom stereocenters. The summed E-state index contributed by atoms with van der Waals surface area (Å²) in [6.07, 6.45) is 1.92. The van der Waals surface area contributed by atoms with Gasteiger partial charge in [0.1, 0.15) is 0 Å². The maximum Gasteiger partial charge on any atom is 0.189 e. The summed E-state index contributed by atoms with van der Waals surface area (Å²) >= 11 is 1.48. The molecule has 0 rings (SSSR count). The second kappa shape index (κ2) is 6.30. The van der Waals surface area contributed by atoms with E-state index in [2.05, 4.69) is 21.5 Å². The normalized spacial score (nSPS) is 10.0. The summed E-state index contributed by atoms with van der Waals surface area (Å²) in [4.78, 5) is 3.69. The lowest BCUT2D eigenvalue weighted by molar-refractivity contribution is 1.04. The van der Waals surface area contributed by atoms with Crippen molar-refractivity contribution in [3.05, 3.63) is 0 Å². The Kier molecular flexibility index (Phi) is 5.79. The Balaban J connectivity index is 3.37. The number of hydrogen-bond donors (Lipinski definition) is 2. The van der Waals surface area contributed by atoms with E-state index in [1.54, 1.807) is 7.05 Å². The summed E-state index contributed by atoms with van der Waals surface area (Å²) in [6, 6.07) is 0. The van der Waals surface area contributed by atoms with Crippen LogP contribution in [0.2, 0.25) is 0 Å². The second-order valence-corrected chi connectivity index (χ2v) is 2.06. The zero-order chi connectivity index (χ0) is 7.82. The molecule has 10 heavy (non-hydrogen) atoms. The third-order valence-electron chi connectivity index (χ3n) is 0.773. The van der Waals surface area contributed by atoms with Crippen LogP contribution in [0.5, 0.6) is 0 Å². The first-order valence-corrected chi connectivity index (χ1v) is 4.00. The number of hydrogen-bond acceptors (Lipinski definition) is 2. The molecule has 0 unspecified atom stereocenters. The van der Waals surface area contributed by atoms with Crippen molar-refractivity contribution in [1.29, 1.82) is 0 Å². The molecule has 0 spiro atoms. The quantitative estimate of drug-likeness (QED) is 0.316. The molecule has 3 N–H and O–H groups in total. The summed E-state index contributed by atoms with van der Waals surface area (Å²) in [6.45, 7) is 0.560. The van der Waals surface area contributed by atoms with Crippen LogP contribution in [0, 0.1) is 11.2 Å². The van der Waals surface area contributed by atoms with Crippen molar-refractivity contribution in [2.75, 3.05) is 19.8 Å². The average molecular weight is 157 g/mol. The molecule has 0 fully saturated rings. The Morgan fingerprint density at radius 2 is 2.50 bits per heavy atom. The lowest BCUT2D eigenvalue weighted by atomic mass is 10.7. The van der Waals surface area contributed by atoms with E-state index in [-0.39, 0.29) is 0 Å². The molecule has 3 nitrogen and oxygen atoms in total. The number of nitrogens with two attached hydrogens (primary N) is 1. The first kappa shape index (κ1) is 9.18. The molecule has 0 saturated carbocycles. The fraction of sp³-hybridized carbons (Fsp3) is 0.500. The zero-order valence-corrected chi connectivity index (χ0v) is 6.96. The number of nitrogens with zero attached hydrogens (tertiary/aromatic N) is 1. The van der Waals surface area contributed by atoms with Crippen molar-refractivity contribution in [3.63, 3.8) is 0 Å². The van der Waals surface area contributed by atoms with Gasteiger partial charge in [0.25, 0.3) is 0 Å². The topological polar surface area (TPSA) is 50.4 Å². The van der Waals surface area contributed by atoms with Gasteiger partial charge >= 0.3 is 0 Å². The summed E-state index contributed by atoms with van der Waals surface area (Å²) in [7, 11) is 1.63. The summed E-state index contributed by atoms with van der Waals surface area (Å²) < 4.78 is 0. The van der Waals surface area contributed by atoms with Crippen LogP contribution < -0.4 is 11.1 Å². The zero-order valence-electron chi connectivity index (χ0n) is 6.14. The lowest BCUT2D eigenvalue weighted by Gasteiger charge is -1.96. The van der Waals surface area contributed by atoms with Crippen molar-refractivity contribution in [2.24, 2.45) is 10.7 Å². The van der Waals surface area contributed by atoms with Crippen LogP contribution in [-0.2, 0) is 0 Å². The van der Waals surface area contributed by atoms with E-state index in [1.165, 1.54) is 11.8 Å². The summed E-state index contributed by atoms with van der Waals surface area (Å²) in [5, 5.41) is 5.63. The molecule has 0 amide bonds. The second-order valence-electron chi connectivity index (χ2n) is 1.45. The van der Waals surface area contributed by atoms with Crippen LogP contribution in [0.1, 0.15) is 0 Å². The van der Waals surface area contributed by atoms with Gasteiger partial charge in [0.15, 0.2) is 5.96 Å². The molecule has 0 heterocycles. The Bertz CT molecular complexity index is 166. The first-order valence-electron chi connectivity index (χ1n) is 2.78. The van der Waals surface area contributed by atoms with Gasteiger partial charge in [-0.1, -0.05) is 17.7 Å². The van der Waals surface area contributed by atoms with Gasteiger partial charge in [-0.3, -0.25) is 4.99 Å². The highest BCUT2D eigenvalue weighted by Crippen LogP contribution is 1.81. The Morgan fingerprint density at radius 1 is 1.80 bits per heavy atom. The van der Waals surface area contributed by atoms with Gasteiger partial charge < -0.3 is 11.1 Å². The van der Waals surface area contributed by atoms with Crippen molar-refractivity contribution in [3.8, 4) is 11.2 Å². The number of nitrogens with one attached hydrogen (secondary N) is 1. The molecular formula is C6H11N3S. The van der Waals surface area contributed by atoms with E-state index in [4.69, 9.17) is 5.73 Å². The van der Waals surface area contributed by atoms with E-state index >= 15 is 0 Å². The summed E-state index contributed by atoms with van der Waals surface area (Å²) in [5.41, 5.74) is 5.32. The van der Waals surface area contributed by atoms with Crippen LogP contribution in [0.25, 0.3) is 0 Å². The fourth-order valence-electron chi connectivity index (χ4n) is 0.322. The largest absolute Gasteiger partial charge is 0.370 e. The van der Waals surface area contributed by atoms with Crippen molar-refractivity contribution in [2.45, 2.75) is 0 Å². The molecule has 0 aliphatic carbocycles. The van der Waals surface area contributed by atoms with Gasteiger partial charge in [-0.2, -0.15) is 0 Å². The maximum absolute atomic E-state index is 5.32. The minimum absolute atomic E-state index is 0.426. The smallest absolute Gasteiger partial charge is 0.189 e. The van der Waals surface area contributed by atoms with Gasteiger partial charge in [0.2, 0.25) is 0 Å². The Labute approximate surface area is 65.5 Å². The minimum atomic E-state index is 0.426. The maximum atomic E-state index is 5.32. The average Bonchev–Trinajstić information content (AvgIpc) is 1.98. The van der Waals surface area contributed by atoms with Gasteiger partial charge in [0.05, 0.1) is 6.54 Å². The summed E-state index contributed by atoms with van der Waals surface area (Å²) in [5.74, 6) is 3.27. The third kappa shape index (κ3) is 5.32. The monoisotopic (exact) mass is 157 g/mol. The van der Waals surface area contributed by atoms with Gasteiger partial charge in [0, 0.05) is 7.05 Å². The van der Waals surface area contributed by atoms with E-state index in [9.17, 15) is 0 Å². The predicted octanol–water partition coefficient (Wildman–Crippen LogP) is -0.156.